The molecule has 5 rings (SSSR count). The molecule has 0 saturated carbocycles. The van der Waals surface area contributed by atoms with Crippen LogP contribution in [0.4, 0.5) is 0 Å². The Kier molecular flexibility index (Phi) is 3.03. The van der Waals surface area contributed by atoms with Crippen molar-refractivity contribution in [1.82, 2.24) is 14.9 Å². The van der Waals surface area contributed by atoms with Crippen LogP contribution in [0.1, 0.15) is 34.8 Å². The van der Waals surface area contributed by atoms with Gasteiger partial charge in [0.25, 0.3) is 11.5 Å². The van der Waals surface area contributed by atoms with Crippen molar-refractivity contribution in [3.05, 3.63) is 62.9 Å². The monoisotopic (exact) mass is 351 g/mol. The lowest BCUT2D eigenvalue weighted by Gasteiger charge is -2.16. The lowest BCUT2D eigenvalue weighted by molar-refractivity contribution is 0.0776. The number of carbonyl (C=O) groups excluding carboxylic acids is 1. The molecule has 1 fully saturated rings. The van der Waals surface area contributed by atoms with Crippen molar-refractivity contribution in [2.24, 2.45) is 0 Å². The van der Waals surface area contributed by atoms with Crippen molar-refractivity contribution in [2.45, 2.75) is 18.9 Å². The van der Waals surface area contributed by atoms with E-state index in [9.17, 15) is 9.59 Å². The summed E-state index contributed by atoms with van der Waals surface area (Å²) in [7, 11) is 0. The van der Waals surface area contributed by atoms with Gasteiger partial charge in [0.05, 0.1) is 16.6 Å². The third kappa shape index (κ3) is 1.99. The number of halogens is 1. The summed E-state index contributed by atoms with van der Waals surface area (Å²) in [5.74, 6) is 0.0506. The molecule has 1 aromatic heterocycles. The maximum atomic E-state index is 12.7. The summed E-state index contributed by atoms with van der Waals surface area (Å²) in [5, 5.41) is 0.487. The highest BCUT2D eigenvalue weighted by molar-refractivity contribution is 6.34. The first kappa shape index (κ1) is 14.7. The van der Waals surface area contributed by atoms with Crippen molar-refractivity contribution < 1.29 is 4.79 Å². The van der Waals surface area contributed by atoms with Gasteiger partial charge >= 0.3 is 0 Å². The van der Waals surface area contributed by atoms with Crippen LogP contribution in [0, 0.1) is 0 Å². The van der Waals surface area contributed by atoms with E-state index in [0.29, 0.717) is 27.3 Å². The van der Waals surface area contributed by atoms with Gasteiger partial charge < -0.3 is 9.88 Å². The fourth-order valence-electron chi connectivity index (χ4n) is 4.04. The second kappa shape index (κ2) is 5.17. The maximum absolute atomic E-state index is 12.7. The molecule has 1 saturated heterocycles. The zero-order chi connectivity index (χ0) is 17.1. The van der Waals surface area contributed by atoms with E-state index in [-0.39, 0.29) is 17.5 Å². The van der Waals surface area contributed by atoms with E-state index >= 15 is 0 Å². The Morgan fingerprint density at radius 3 is 2.80 bits per heavy atom. The number of aromatic nitrogens is 2. The van der Waals surface area contributed by atoms with Crippen LogP contribution in [-0.2, 0) is 0 Å². The normalized spacial score (nSPS) is 18.7. The second-order valence-electron chi connectivity index (χ2n) is 6.47. The predicted octanol–water partition coefficient (Wildman–Crippen LogP) is 3.53. The van der Waals surface area contributed by atoms with Crippen LogP contribution < -0.4 is 5.56 Å². The highest BCUT2D eigenvalue weighted by Gasteiger charge is 2.41. The van der Waals surface area contributed by atoms with Gasteiger partial charge in [0, 0.05) is 17.7 Å². The van der Waals surface area contributed by atoms with Gasteiger partial charge in [-0.25, -0.2) is 4.98 Å². The average Bonchev–Trinajstić information content (AvgIpc) is 3.18. The summed E-state index contributed by atoms with van der Waals surface area (Å²) in [6.45, 7) is 0.769. The van der Waals surface area contributed by atoms with Gasteiger partial charge in [-0.05, 0) is 36.6 Å². The Labute approximate surface area is 148 Å². The molecule has 2 aromatic carbocycles. The Morgan fingerprint density at radius 2 is 1.92 bits per heavy atom. The fraction of sp³-hybridized carbons (Fsp3) is 0.211. The van der Waals surface area contributed by atoms with Crippen molar-refractivity contribution in [3.8, 4) is 11.3 Å². The Morgan fingerprint density at radius 1 is 1.12 bits per heavy atom. The standard InChI is InChI=1S/C19H14ClN3O2/c20-12-6-2-7-13-17(12)22-16(18(24)21-13)10-4-1-5-11-15(10)14-8-3-9-23(14)19(11)25/h1-2,4-7,14H,3,8-9H2,(H,21,24). The molecule has 1 N–H and O–H groups in total. The average molecular weight is 352 g/mol. The number of hydrogen-bond donors (Lipinski definition) is 1. The number of fused-ring (bicyclic) bond motifs is 4. The first-order valence-electron chi connectivity index (χ1n) is 8.28. The molecule has 3 heterocycles. The summed E-state index contributed by atoms with van der Waals surface area (Å²) in [5.41, 5.74) is 3.54. The topological polar surface area (TPSA) is 66.1 Å². The smallest absolute Gasteiger partial charge is 0.274 e. The number of hydrogen-bond acceptors (Lipinski definition) is 3. The molecule has 2 aliphatic heterocycles. The lowest BCUT2D eigenvalue weighted by Crippen LogP contribution is -2.22. The van der Waals surface area contributed by atoms with Gasteiger partial charge in [0.2, 0.25) is 0 Å². The molecule has 0 aliphatic carbocycles. The van der Waals surface area contributed by atoms with Crippen LogP contribution in [0.3, 0.4) is 0 Å². The highest BCUT2D eigenvalue weighted by Crippen LogP contribution is 2.44. The highest BCUT2D eigenvalue weighted by atomic mass is 35.5. The van der Waals surface area contributed by atoms with Gasteiger partial charge in [-0.2, -0.15) is 0 Å². The first-order valence-corrected chi connectivity index (χ1v) is 8.66. The molecule has 0 radical (unpaired) electrons. The van der Waals surface area contributed by atoms with Crippen molar-refractivity contribution >= 4 is 28.5 Å². The molecule has 25 heavy (non-hydrogen) atoms. The van der Waals surface area contributed by atoms with Crippen molar-refractivity contribution in [3.63, 3.8) is 0 Å². The minimum atomic E-state index is -0.271. The number of benzene rings is 2. The number of nitrogens with one attached hydrogen (secondary N) is 1. The van der Waals surface area contributed by atoms with E-state index in [4.69, 9.17) is 11.6 Å². The third-order valence-corrected chi connectivity index (χ3v) is 5.42. The van der Waals surface area contributed by atoms with Crippen LogP contribution in [0.15, 0.2) is 41.2 Å². The van der Waals surface area contributed by atoms with Gasteiger partial charge in [0.1, 0.15) is 11.2 Å². The Balaban J connectivity index is 1.80. The minimum absolute atomic E-state index is 0.0434. The van der Waals surface area contributed by atoms with Gasteiger partial charge in [-0.1, -0.05) is 29.8 Å². The summed E-state index contributed by atoms with van der Waals surface area (Å²) in [4.78, 5) is 34.6. The van der Waals surface area contributed by atoms with E-state index in [1.54, 1.807) is 18.2 Å². The van der Waals surface area contributed by atoms with Gasteiger partial charge in [0.15, 0.2) is 0 Å². The summed E-state index contributed by atoms with van der Waals surface area (Å²) < 4.78 is 0. The van der Waals surface area contributed by atoms with E-state index in [1.807, 2.05) is 23.1 Å². The molecule has 0 bridgehead atoms. The molecule has 1 atom stereocenters. The second-order valence-corrected chi connectivity index (χ2v) is 6.88. The molecule has 1 amide bonds. The summed E-state index contributed by atoms with van der Waals surface area (Å²) >= 11 is 6.25. The number of amides is 1. The summed E-state index contributed by atoms with van der Waals surface area (Å²) in [6, 6.07) is 10.9. The molecule has 2 aliphatic rings. The number of nitrogens with zero attached hydrogens (tertiary/aromatic N) is 2. The molecule has 6 heteroatoms. The van der Waals surface area contributed by atoms with Crippen molar-refractivity contribution in [2.75, 3.05) is 6.54 Å². The number of aromatic amines is 1. The minimum Gasteiger partial charge on any atom is -0.332 e. The van der Waals surface area contributed by atoms with Crippen LogP contribution in [-0.4, -0.2) is 27.3 Å². The van der Waals surface area contributed by atoms with Crippen LogP contribution in [0.2, 0.25) is 5.02 Å². The molecular formula is C19H14ClN3O2. The Hall–Kier alpha value is -2.66. The zero-order valence-corrected chi connectivity index (χ0v) is 14.0. The zero-order valence-electron chi connectivity index (χ0n) is 13.3. The molecule has 0 spiro atoms. The number of para-hydroxylation sites is 1. The molecule has 124 valence electrons. The summed E-state index contributed by atoms with van der Waals surface area (Å²) in [6.07, 6.45) is 1.90. The maximum Gasteiger partial charge on any atom is 0.274 e. The van der Waals surface area contributed by atoms with Crippen LogP contribution in [0.25, 0.3) is 22.3 Å². The fourth-order valence-corrected chi connectivity index (χ4v) is 4.26. The van der Waals surface area contributed by atoms with E-state index in [0.717, 1.165) is 30.5 Å². The molecular weight excluding hydrogens is 338 g/mol. The van der Waals surface area contributed by atoms with E-state index in [1.165, 1.54) is 0 Å². The lowest BCUT2D eigenvalue weighted by atomic mass is 9.94. The molecule has 3 aromatic rings. The quantitative estimate of drug-likeness (QED) is 0.729. The van der Waals surface area contributed by atoms with Gasteiger partial charge in [-0.3, -0.25) is 9.59 Å². The number of carbonyl (C=O) groups is 1. The number of H-pyrrole nitrogens is 1. The first-order chi connectivity index (χ1) is 12.1. The predicted molar refractivity (Wildman–Crippen MR) is 95.8 cm³/mol. The SMILES string of the molecule is O=C1c2cccc(-c3nc4c(Cl)cccc4[nH]c3=O)c2C2CCCN12. The van der Waals surface area contributed by atoms with E-state index < -0.39 is 0 Å². The van der Waals surface area contributed by atoms with Crippen LogP contribution >= 0.6 is 11.6 Å². The largest absolute Gasteiger partial charge is 0.332 e. The van der Waals surface area contributed by atoms with Crippen LogP contribution in [0.5, 0.6) is 0 Å². The molecule has 5 nitrogen and oxygen atoms in total. The Bertz CT molecular complexity index is 1110. The molecule has 1 unspecified atom stereocenters. The third-order valence-electron chi connectivity index (χ3n) is 5.11. The number of rotatable bonds is 1. The van der Waals surface area contributed by atoms with E-state index in [2.05, 4.69) is 9.97 Å². The van der Waals surface area contributed by atoms with Crippen molar-refractivity contribution in [1.29, 1.82) is 0 Å². The van der Waals surface area contributed by atoms with Gasteiger partial charge in [-0.15, -0.1) is 0 Å².